The summed E-state index contributed by atoms with van der Waals surface area (Å²) in [6, 6.07) is 8.31. The molecule has 0 amide bonds. The van der Waals surface area contributed by atoms with Gasteiger partial charge in [0.2, 0.25) is 0 Å². The monoisotopic (exact) mass is 355 g/mol. The summed E-state index contributed by atoms with van der Waals surface area (Å²) >= 11 is 0. The summed E-state index contributed by atoms with van der Waals surface area (Å²) in [7, 11) is 2.17. The van der Waals surface area contributed by atoms with Gasteiger partial charge in [-0.1, -0.05) is 12.1 Å². The second kappa shape index (κ2) is 7.56. The zero-order valence-corrected chi connectivity index (χ0v) is 15.8. The number of nitrogens with zero attached hydrogens (tertiary/aromatic N) is 5. The number of hydrogen-bond donors (Lipinski definition) is 1. The van der Waals surface area contributed by atoms with Crippen molar-refractivity contribution in [2.45, 2.75) is 32.0 Å². The first kappa shape index (κ1) is 17.8. The second-order valence-corrected chi connectivity index (χ2v) is 7.74. The molecule has 6 nitrogen and oxygen atoms in total. The highest BCUT2D eigenvalue weighted by Crippen LogP contribution is 2.21. The van der Waals surface area contributed by atoms with Crippen LogP contribution < -0.4 is 0 Å². The van der Waals surface area contributed by atoms with Gasteiger partial charge >= 0.3 is 0 Å². The number of aryl methyl sites for hydroxylation is 1. The summed E-state index contributed by atoms with van der Waals surface area (Å²) < 4.78 is 0. The minimum absolute atomic E-state index is 0.291. The van der Waals surface area contributed by atoms with E-state index < -0.39 is 0 Å². The van der Waals surface area contributed by atoms with E-state index in [0.29, 0.717) is 12.6 Å². The first-order valence-corrected chi connectivity index (χ1v) is 9.65. The summed E-state index contributed by atoms with van der Waals surface area (Å²) in [5, 5.41) is 10.7. The molecule has 140 valence electrons. The highest BCUT2D eigenvalue weighted by atomic mass is 16.3. The Hall–Kier alpha value is -1.60. The molecule has 2 saturated heterocycles. The maximum atomic E-state index is 10.7. The van der Waals surface area contributed by atoms with E-state index in [4.69, 9.17) is 9.97 Å². The van der Waals surface area contributed by atoms with Crippen LogP contribution in [0.25, 0.3) is 11.0 Å². The minimum atomic E-state index is -0.291. The maximum Gasteiger partial charge on any atom is 0.0890 e. The molecule has 1 aromatic carbocycles. The molecule has 0 radical (unpaired) electrons. The van der Waals surface area contributed by atoms with E-state index in [9.17, 15) is 5.11 Å². The van der Waals surface area contributed by atoms with Gasteiger partial charge in [-0.2, -0.15) is 0 Å². The molecular weight excluding hydrogens is 326 g/mol. The van der Waals surface area contributed by atoms with Crippen molar-refractivity contribution >= 4 is 11.0 Å². The molecular formula is C20H29N5O. The Labute approximate surface area is 155 Å². The number of β-amino-alcohol motifs (C(OH)–C–C–N with tert-alkyl or cyclic N) is 1. The molecule has 4 rings (SSSR count). The zero-order valence-electron chi connectivity index (χ0n) is 15.8. The van der Waals surface area contributed by atoms with E-state index in [0.717, 1.165) is 68.1 Å². The first-order chi connectivity index (χ1) is 12.6. The molecule has 26 heavy (non-hydrogen) atoms. The molecule has 2 aliphatic rings. The van der Waals surface area contributed by atoms with Gasteiger partial charge in [0, 0.05) is 51.9 Å². The quantitative estimate of drug-likeness (QED) is 0.891. The van der Waals surface area contributed by atoms with Crippen LogP contribution in [-0.2, 0) is 6.54 Å². The fourth-order valence-electron chi connectivity index (χ4n) is 4.19. The smallest absolute Gasteiger partial charge is 0.0890 e. The van der Waals surface area contributed by atoms with Crippen molar-refractivity contribution in [3.8, 4) is 0 Å². The third-order valence-electron chi connectivity index (χ3n) is 5.85. The Morgan fingerprint density at radius 2 is 1.73 bits per heavy atom. The highest BCUT2D eigenvalue weighted by molar-refractivity contribution is 5.74. The zero-order chi connectivity index (χ0) is 18.1. The topological polar surface area (TPSA) is 55.7 Å². The van der Waals surface area contributed by atoms with Crippen molar-refractivity contribution in [3.63, 3.8) is 0 Å². The van der Waals surface area contributed by atoms with Crippen LogP contribution in [0.15, 0.2) is 24.3 Å². The van der Waals surface area contributed by atoms with Crippen molar-refractivity contribution in [1.82, 2.24) is 24.7 Å². The van der Waals surface area contributed by atoms with Gasteiger partial charge in [-0.3, -0.25) is 9.80 Å². The Morgan fingerprint density at radius 1 is 1.04 bits per heavy atom. The van der Waals surface area contributed by atoms with Crippen LogP contribution in [0.2, 0.25) is 0 Å². The number of fused-ring (bicyclic) bond motifs is 1. The van der Waals surface area contributed by atoms with Gasteiger partial charge in [0.25, 0.3) is 0 Å². The lowest BCUT2D eigenvalue weighted by Crippen LogP contribution is -2.58. The van der Waals surface area contributed by atoms with Gasteiger partial charge in [0.05, 0.1) is 28.5 Å². The van der Waals surface area contributed by atoms with Gasteiger partial charge < -0.3 is 10.0 Å². The van der Waals surface area contributed by atoms with E-state index in [2.05, 4.69) is 21.7 Å². The number of piperazine rings is 1. The number of aromatic nitrogens is 2. The van der Waals surface area contributed by atoms with Crippen LogP contribution in [0.1, 0.15) is 17.8 Å². The Morgan fingerprint density at radius 3 is 2.42 bits per heavy atom. The molecule has 0 spiro atoms. The Balaban J connectivity index is 1.41. The van der Waals surface area contributed by atoms with Crippen LogP contribution in [0.3, 0.4) is 0 Å². The number of piperidine rings is 1. The summed E-state index contributed by atoms with van der Waals surface area (Å²) in [5.74, 6) is 0. The fraction of sp³-hybridized carbons (Fsp3) is 0.600. The fourth-order valence-corrected chi connectivity index (χ4v) is 4.19. The maximum absolute atomic E-state index is 10.7. The summed E-state index contributed by atoms with van der Waals surface area (Å²) in [4.78, 5) is 16.7. The molecule has 0 aliphatic carbocycles. The molecule has 1 aromatic heterocycles. The molecule has 3 heterocycles. The largest absolute Gasteiger partial charge is 0.390 e. The van der Waals surface area contributed by atoms with Gasteiger partial charge in [0.15, 0.2) is 0 Å². The van der Waals surface area contributed by atoms with Crippen LogP contribution >= 0.6 is 0 Å². The molecule has 2 aliphatic heterocycles. The lowest BCUT2D eigenvalue weighted by molar-refractivity contribution is -0.0289. The lowest BCUT2D eigenvalue weighted by Gasteiger charge is -2.44. The van der Waals surface area contributed by atoms with Crippen molar-refractivity contribution < 1.29 is 5.11 Å². The third kappa shape index (κ3) is 3.74. The SMILES string of the molecule is Cc1nc2ccccc2nc1CN1CC[C@@H](N2CCN(C)CC2)[C@H](O)C1. The van der Waals surface area contributed by atoms with Crippen molar-refractivity contribution in [3.05, 3.63) is 35.7 Å². The number of aliphatic hydroxyl groups is 1. The van der Waals surface area contributed by atoms with Crippen LogP contribution in [-0.4, -0.2) is 88.2 Å². The standard InChI is InChI=1S/C20H29N5O/c1-15-18(22-17-6-4-3-5-16(17)21-15)13-24-8-7-19(20(26)14-24)25-11-9-23(2)10-12-25/h3-6,19-20,26H,7-14H2,1-2H3/t19-,20-/m1/s1. The van der Waals surface area contributed by atoms with E-state index in [1.54, 1.807) is 0 Å². The number of para-hydroxylation sites is 2. The average molecular weight is 355 g/mol. The molecule has 0 bridgehead atoms. The molecule has 2 atom stereocenters. The van der Waals surface area contributed by atoms with E-state index in [1.165, 1.54) is 0 Å². The number of rotatable bonds is 3. The van der Waals surface area contributed by atoms with Gasteiger partial charge in [-0.15, -0.1) is 0 Å². The molecule has 1 N–H and O–H groups in total. The summed E-state index contributed by atoms with van der Waals surface area (Å²) in [6.07, 6.45) is 0.728. The normalized spacial score (nSPS) is 26.4. The first-order valence-electron chi connectivity index (χ1n) is 9.65. The van der Waals surface area contributed by atoms with Crippen molar-refractivity contribution in [2.75, 3.05) is 46.3 Å². The van der Waals surface area contributed by atoms with Crippen molar-refractivity contribution in [1.29, 1.82) is 0 Å². The van der Waals surface area contributed by atoms with Crippen molar-refractivity contribution in [2.24, 2.45) is 0 Å². The number of hydrogen-bond acceptors (Lipinski definition) is 6. The van der Waals surface area contributed by atoms with Crippen LogP contribution in [0.5, 0.6) is 0 Å². The predicted octanol–water partition coefficient (Wildman–Crippen LogP) is 1.12. The number of likely N-dealkylation sites (tertiary alicyclic amines) is 1. The van der Waals surface area contributed by atoms with Crippen LogP contribution in [0, 0.1) is 6.92 Å². The van der Waals surface area contributed by atoms with Gasteiger partial charge in [-0.05, 0) is 32.5 Å². The molecule has 0 unspecified atom stereocenters. The second-order valence-electron chi connectivity index (χ2n) is 7.74. The molecule has 2 fully saturated rings. The molecule has 2 aromatic rings. The van der Waals surface area contributed by atoms with Crippen LogP contribution in [0.4, 0.5) is 0 Å². The number of aliphatic hydroxyl groups excluding tert-OH is 1. The molecule has 0 saturated carbocycles. The van der Waals surface area contributed by atoms with Gasteiger partial charge in [0.1, 0.15) is 0 Å². The average Bonchev–Trinajstić information content (AvgIpc) is 2.63. The third-order valence-corrected chi connectivity index (χ3v) is 5.85. The minimum Gasteiger partial charge on any atom is -0.390 e. The predicted molar refractivity (Wildman–Crippen MR) is 103 cm³/mol. The Bertz CT molecular complexity index is 759. The summed E-state index contributed by atoms with van der Waals surface area (Å²) in [5.41, 5.74) is 3.90. The van der Waals surface area contributed by atoms with E-state index in [-0.39, 0.29) is 6.10 Å². The Kier molecular flexibility index (Phi) is 5.18. The van der Waals surface area contributed by atoms with E-state index in [1.807, 2.05) is 31.2 Å². The highest BCUT2D eigenvalue weighted by Gasteiger charge is 2.33. The summed E-state index contributed by atoms with van der Waals surface area (Å²) in [6.45, 7) is 8.82. The molecule has 6 heteroatoms. The number of likely N-dealkylation sites (N-methyl/N-ethyl adjacent to an activating group) is 1. The number of benzene rings is 1. The van der Waals surface area contributed by atoms with E-state index >= 15 is 0 Å². The van der Waals surface area contributed by atoms with Gasteiger partial charge in [-0.25, -0.2) is 9.97 Å². The lowest BCUT2D eigenvalue weighted by atomic mass is 9.99.